The predicted molar refractivity (Wildman–Crippen MR) is 130 cm³/mol. The summed E-state index contributed by atoms with van der Waals surface area (Å²) in [5, 5.41) is 16.2. The molecule has 2 aromatic carbocycles. The molecule has 0 aliphatic rings. The Kier molecular flexibility index (Phi) is 5.29. The number of carbonyl (C=O) groups excluding carboxylic acids is 1. The van der Waals surface area contributed by atoms with Gasteiger partial charge in [-0.1, -0.05) is 43.3 Å². The molecule has 3 heterocycles. The second kappa shape index (κ2) is 8.43. The Morgan fingerprint density at radius 1 is 1.12 bits per heavy atom. The first-order valence-corrected chi connectivity index (χ1v) is 11.0. The van der Waals surface area contributed by atoms with Gasteiger partial charge in [0.05, 0.1) is 17.6 Å². The van der Waals surface area contributed by atoms with Crippen molar-refractivity contribution in [2.24, 2.45) is 0 Å². The van der Waals surface area contributed by atoms with Gasteiger partial charge in [0.1, 0.15) is 11.1 Å². The van der Waals surface area contributed by atoms with E-state index >= 15 is 0 Å². The van der Waals surface area contributed by atoms with Crippen molar-refractivity contribution >= 4 is 28.0 Å². The summed E-state index contributed by atoms with van der Waals surface area (Å²) < 4.78 is 2.88. The van der Waals surface area contributed by atoms with Gasteiger partial charge in [-0.2, -0.15) is 0 Å². The Morgan fingerprint density at radius 2 is 1.91 bits per heavy atom. The quantitative estimate of drug-likeness (QED) is 0.422. The fourth-order valence-electron chi connectivity index (χ4n) is 4.32. The van der Waals surface area contributed by atoms with Crippen molar-refractivity contribution < 1.29 is 4.79 Å². The molecule has 9 heteroatoms. The lowest BCUT2D eigenvalue weighted by Gasteiger charge is -2.21. The summed E-state index contributed by atoms with van der Waals surface area (Å²) in [6, 6.07) is 18.3. The number of pyridine rings is 1. The number of para-hydroxylation sites is 1. The third kappa shape index (κ3) is 3.47. The summed E-state index contributed by atoms with van der Waals surface area (Å²) in [5.74, 6) is -0.362. The molecule has 0 unspecified atom stereocenters. The maximum atomic E-state index is 13.8. The lowest BCUT2D eigenvalue weighted by molar-refractivity contribution is 0.0941. The molecule has 0 spiro atoms. The third-order valence-electron chi connectivity index (χ3n) is 5.94. The van der Waals surface area contributed by atoms with E-state index in [4.69, 9.17) is 5.73 Å². The van der Waals surface area contributed by atoms with Crippen LogP contribution in [0.25, 0.3) is 22.0 Å². The zero-order valence-corrected chi connectivity index (χ0v) is 18.8. The maximum absolute atomic E-state index is 13.8. The third-order valence-corrected chi connectivity index (χ3v) is 5.94. The molecule has 1 atom stereocenters. The number of aromatic nitrogens is 5. The molecule has 0 bridgehead atoms. The first-order chi connectivity index (χ1) is 16.5. The molecular weight excluding hydrogens is 430 g/mol. The summed E-state index contributed by atoms with van der Waals surface area (Å²) in [7, 11) is 0. The zero-order chi connectivity index (χ0) is 23.8. The van der Waals surface area contributed by atoms with Gasteiger partial charge in [-0.3, -0.25) is 14.2 Å². The van der Waals surface area contributed by atoms with Gasteiger partial charge in [-0.25, -0.2) is 0 Å². The van der Waals surface area contributed by atoms with Crippen molar-refractivity contribution in [2.75, 3.05) is 5.73 Å². The van der Waals surface area contributed by atoms with Crippen molar-refractivity contribution in [3.8, 4) is 5.69 Å². The highest BCUT2D eigenvalue weighted by molar-refractivity contribution is 6.05. The van der Waals surface area contributed by atoms with Gasteiger partial charge in [-0.15, -0.1) is 14.8 Å². The molecular formula is C25H23N7O2. The first kappa shape index (κ1) is 21.3. The number of hydrogen-bond donors (Lipinski definition) is 2. The number of benzene rings is 2. The Hall–Kier alpha value is -4.53. The van der Waals surface area contributed by atoms with Gasteiger partial charge in [-0.05, 0) is 53.8 Å². The normalized spacial score (nSPS) is 12.2. The van der Waals surface area contributed by atoms with Crippen LogP contribution >= 0.6 is 0 Å². The monoisotopic (exact) mass is 453 g/mol. The molecule has 0 radical (unpaired) electrons. The number of hydrogen-bond acceptors (Lipinski definition) is 6. The van der Waals surface area contributed by atoms with Crippen LogP contribution in [0.15, 0.2) is 71.7 Å². The summed E-state index contributed by atoms with van der Waals surface area (Å²) in [4.78, 5) is 27.0. The average Bonchev–Trinajstić information content (AvgIpc) is 3.19. The summed E-state index contributed by atoms with van der Waals surface area (Å²) in [5.41, 5.74) is 8.90. The molecule has 0 saturated heterocycles. The van der Waals surface area contributed by atoms with Crippen LogP contribution in [0.3, 0.4) is 0 Å². The molecule has 34 heavy (non-hydrogen) atoms. The highest BCUT2D eigenvalue weighted by Crippen LogP contribution is 2.25. The molecule has 5 aromatic rings. The Balaban J connectivity index is 1.64. The number of amides is 1. The predicted octanol–water partition coefficient (Wildman–Crippen LogP) is 3.06. The highest BCUT2D eigenvalue weighted by atomic mass is 16.2. The van der Waals surface area contributed by atoms with E-state index in [1.807, 2.05) is 68.4 Å². The smallest absolute Gasteiger partial charge is 0.263 e. The topological polar surface area (TPSA) is 120 Å². The summed E-state index contributed by atoms with van der Waals surface area (Å²) in [6.45, 7) is 3.87. The number of fused-ring (bicyclic) bond motifs is 2. The van der Waals surface area contributed by atoms with Crippen molar-refractivity contribution in [1.82, 2.24) is 29.9 Å². The average molecular weight is 454 g/mol. The number of nitrogens with zero attached hydrogens (tertiary/aromatic N) is 5. The molecule has 3 N–H and O–H groups in total. The van der Waals surface area contributed by atoms with Crippen LogP contribution in [0.5, 0.6) is 0 Å². The SMILES string of the molecule is CCc1cccc2cc([C@H](C)NC(=O)c3c(N)nn4nnccc34)n(-c3ccccc3)c(=O)c12. The molecule has 5 rings (SSSR count). The van der Waals surface area contributed by atoms with Gasteiger partial charge >= 0.3 is 0 Å². The van der Waals surface area contributed by atoms with Gasteiger partial charge < -0.3 is 11.1 Å². The molecule has 9 nitrogen and oxygen atoms in total. The largest absolute Gasteiger partial charge is 0.381 e. The van der Waals surface area contributed by atoms with Gasteiger partial charge in [0.15, 0.2) is 5.82 Å². The molecule has 3 aromatic heterocycles. The van der Waals surface area contributed by atoms with Gasteiger partial charge in [0, 0.05) is 11.4 Å². The van der Waals surface area contributed by atoms with E-state index in [2.05, 4.69) is 20.7 Å². The lowest BCUT2D eigenvalue weighted by Crippen LogP contribution is -2.32. The molecule has 0 saturated carbocycles. The number of aryl methyl sites for hydroxylation is 1. The van der Waals surface area contributed by atoms with E-state index < -0.39 is 11.9 Å². The zero-order valence-electron chi connectivity index (χ0n) is 18.8. The van der Waals surface area contributed by atoms with Crippen molar-refractivity contribution in [3.05, 3.63) is 94.0 Å². The highest BCUT2D eigenvalue weighted by Gasteiger charge is 2.23. The van der Waals surface area contributed by atoms with Crippen molar-refractivity contribution in [2.45, 2.75) is 26.3 Å². The van der Waals surface area contributed by atoms with E-state index in [1.54, 1.807) is 10.6 Å². The number of nitrogens with one attached hydrogen (secondary N) is 1. The Morgan fingerprint density at radius 3 is 2.68 bits per heavy atom. The Bertz CT molecular complexity index is 1590. The van der Waals surface area contributed by atoms with Crippen LogP contribution in [0, 0.1) is 0 Å². The minimum absolute atomic E-state index is 0.0525. The van der Waals surface area contributed by atoms with Crippen LogP contribution in [-0.2, 0) is 6.42 Å². The Labute approximate surface area is 194 Å². The van der Waals surface area contributed by atoms with Crippen LogP contribution in [0.4, 0.5) is 5.82 Å². The molecule has 0 aliphatic heterocycles. The lowest BCUT2D eigenvalue weighted by atomic mass is 10.0. The van der Waals surface area contributed by atoms with E-state index in [0.717, 1.165) is 23.1 Å². The van der Waals surface area contributed by atoms with Crippen molar-refractivity contribution in [3.63, 3.8) is 0 Å². The van der Waals surface area contributed by atoms with E-state index in [1.165, 1.54) is 10.8 Å². The number of nitrogens with two attached hydrogens (primary N) is 1. The van der Waals surface area contributed by atoms with Crippen LogP contribution in [0.1, 0.15) is 41.5 Å². The van der Waals surface area contributed by atoms with E-state index in [9.17, 15) is 9.59 Å². The standard InChI is InChI=1S/C25H23N7O2/c1-3-16-8-7-9-17-14-20(31(25(34)21(16)17)18-10-5-4-6-11-18)15(2)28-24(33)22-19-12-13-27-30-32(19)29-23(22)26/h4-15H,3H2,1-2H3,(H2,26,29)(H,28,33)/t15-/m0/s1. The molecule has 0 fully saturated rings. The number of nitrogen functional groups attached to an aromatic ring is 1. The van der Waals surface area contributed by atoms with Crippen LogP contribution in [-0.4, -0.2) is 30.5 Å². The van der Waals surface area contributed by atoms with Crippen molar-refractivity contribution in [1.29, 1.82) is 0 Å². The summed E-state index contributed by atoms with van der Waals surface area (Å²) >= 11 is 0. The molecule has 1 amide bonds. The molecule has 0 aliphatic carbocycles. The maximum Gasteiger partial charge on any atom is 0.263 e. The number of anilines is 1. The second-order valence-electron chi connectivity index (χ2n) is 8.03. The minimum Gasteiger partial charge on any atom is -0.381 e. The van der Waals surface area contributed by atoms with Crippen LogP contribution in [0.2, 0.25) is 0 Å². The number of carbonyl (C=O) groups is 1. The summed E-state index contributed by atoms with van der Waals surface area (Å²) in [6.07, 6.45) is 2.21. The van der Waals surface area contributed by atoms with Crippen LogP contribution < -0.4 is 16.6 Å². The van der Waals surface area contributed by atoms with Gasteiger partial charge in [0.25, 0.3) is 11.5 Å². The fraction of sp³-hybridized carbons (Fsp3) is 0.160. The first-order valence-electron chi connectivity index (χ1n) is 11.0. The van der Waals surface area contributed by atoms with Gasteiger partial charge in [0.2, 0.25) is 0 Å². The van der Waals surface area contributed by atoms with E-state index in [0.29, 0.717) is 16.6 Å². The second-order valence-corrected chi connectivity index (χ2v) is 8.03. The number of rotatable bonds is 5. The molecule has 170 valence electrons. The fourth-order valence-corrected chi connectivity index (χ4v) is 4.32. The van der Waals surface area contributed by atoms with E-state index in [-0.39, 0.29) is 16.9 Å². The minimum atomic E-state index is -0.515.